The molecule has 1 amide bonds. The standard InChI is InChI=1S/C12H8BrClN4OS/c1-18-5-6(13)4-9(18)12(19)15-10-7(14)2-3-8-11(10)17-20-16-8/h2-5H,1H3,(H,15,19). The summed E-state index contributed by atoms with van der Waals surface area (Å²) in [5.41, 5.74) is 2.32. The van der Waals surface area contributed by atoms with Gasteiger partial charge in [0, 0.05) is 17.7 Å². The number of hydrogen-bond acceptors (Lipinski definition) is 4. The number of hydrogen-bond donors (Lipinski definition) is 1. The molecule has 2 aromatic heterocycles. The molecular formula is C12H8BrClN4OS. The monoisotopic (exact) mass is 370 g/mol. The van der Waals surface area contributed by atoms with Crippen molar-refractivity contribution in [3.05, 3.63) is 39.6 Å². The van der Waals surface area contributed by atoms with Crippen molar-refractivity contribution < 1.29 is 4.79 Å². The van der Waals surface area contributed by atoms with Crippen molar-refractivity contribution in [1.29, 1.82) is 0 Å². The van der Waals surface area contributed by atoms with Crippen molar-refractivity contribution in [2.75, 3.05) is 5.32 Å². The number of amides is 1. The van der Waals surface area contributed by atoms with E-state index >= 15 is 0 Å². The maximum atomic E-state index is 12.3. The molecule has 20 heavy (non-hydrogen) atoms. The van der Waals surface area contributed by atoms with E-state index in [0.717, 1.165) is 16.2 Å². The number of nitrogens with zero attached hydrogens (tertiary/aromatic N) is 3. The molecule has 0 aliphatic rings. The minimum absolute atomic E-state index is 0.249. The Bertz CT molecular complexity index is 813. The van der Waals surface area contributed by atoms with Gasteiger partial charge in [0.15, 0.2) is 0 Å². The van der Waals surface area contributed by atoms with E-state index in [0.29, 0.717) is 27.4 Å². The van der Waals surface area contributed by atoms with Crippen LogP contribution in [0.25, 0.3) is 11.0 Å². The molecule has 0 saturated heterocycles. The summed E-state index contributed by atoms with van der Waals surface area (Å²) in [6.07, 6.45) is 1.81. The Balaban J connectivity index is 2.01. The molecule has 1 N–H and O–H groups in total. The zero-order valence-corrected chi connectivity index (χ0v) is 13.4. The quantitative estimate of drug-likeness (QED) is 0.747. The smallest absolute Gasteiger partial charge is 0.272 e. The number of anilines is 1. The van der Waals surface area contributed by atoms with Gasteiger partial charge in [0.05, 0.1) is 22.4 Å². The number of nitrogens with one attached hydrogen (secondary N) is 1. The Hall–Kier alpha value is -1.44. The summed E-state index contributed by atoms with van der Waals surface area (Å²) in [4.78, 5) is 12.3. The molecule has 0 bridgehead atoms. The number of carbonyl (C=O) groups excluding carboxylic acids is 1. The molecule has 0 aliphatic heterocycles. The maximum Gasteiger partial charge on any atom is 0.272 e. The Morgan fingerprint density at radius 1 is 1.45 bits per heavy atom. The fraction of sp³-hybridized carbons (Fsp3) is 0.0833. The summed E-state index contributed by atoms with van der Waals surface area (Å²) in [7, 11) is 1.80. The lowest BCUT2D eigenvalue weighted by Crippen LogP contribution is -2.15. The number of fused-ring (bicyclic) bond motifs is 1. The molecule has 0 spiro atoms. The van der Waals surface area contributed by atoms with Gasteiger partial charge in [-0.2, -0.15) is 8.75 Å². The highest BCUT2D eigenvalue weighted by atomic mass is 79.9. The minimum atomic E-state index is -0.249. The van der Waals surface area contributed by atoms with Crippen LogP contribution in [0.3, 0.4) is 0 Å². The second kappa shape index (κ2) is 5.16. The normalized spacial score (nSPS) is 10.9. The van der Waals surface area contributed by atoms with Crippen LogP contribution in [0.1, 0.15) is 10.5 Å². The SMILES string of the molecule is Cn1cc(Br)cc1C(=O)Nc1c(Cl)ccc2nsnc12. The van der Waals surface area contributed by atoms with Crippen LogP contribution < -0.4 is 5.32 Å². The van der Waals surface area contributed by atoms with Crippen LogP contribution in [0.5, 0.6) is 0 Å². The number of rotatable bonds is 2. The molecule has 0 aliphatic carbocycles. The van der Waals surface area contributed by atoms with Crippen molar-refractivity contribution in [3.63, 3.8) is 0 Å². The second-order valence-electron chi connectivity index (χ2n) is 4.16. The molecule has 0 atom stereocenters. The lowest BCUT2D eigenvalue weighted by atomic mass is 10.2. The summed E-state index contributed by atoms with van der Waals surface area (Å²) in [5, 5.41) is 3.24. The fourth-order valence-electron chi connectivity index (χ4n) is 1.87. The van der Waals surface area contributed by atoms with Crippen molar-refractivity contribution in [3.8, 4) is 0 Å². The topological polar surface area (TPSA) is 59.8 Å². The largest absolute Gasteiger partial charge is 0.345 e. The van der Waals surface area contributed by atoms with Crippen molar-refractivity contribution in [2.45, 2.75) is 0 Å². The van der Waals surface area contributed by atoms with E-state index in [9.17, 15) is 4.79 Å². The average Bonchev–Trinajstić information content (AvgIpc) is 2.99. The summed E-state index contributed by atoms with van der Waals surface area (Å²) in [6, 6.07) is 5.21. The molecule has 2 heterocycles. The minimum Gasteiger partial charge on any atom is -0.345 e. The van der Waals surface area contributed by atoms with Crippen molar-refractivity contribution in [1.82, 2.24) is 13.3 Å². The first-order valence-corrected chi connectivity index (χ1v) is 7.50. The van der Waals surface area contributed by atoms with E-state index < -0.39 is 0 Å². The number of carbonyl (C=O) groups is 1. The maximum absolute atomic E-state index is 12.3. The molecule has 3 rings (SSSR count). The molecule has 0 unspecified atom stereocenters. The number of halogens is 2. The second-order valence-corrected chi connectivity index (χ2v) is 6.01. The lowest BCUT2D eigenvalue weighted by Gasteiger charge is -2.08. The Morgan fingerprint density at radius 3 is 2.95 bits per heavy atom. The first-order chi connectivity index (χ1) is 9.56. The number of aromatic nitrogens is 3. The fourth-order valence-corrected chi connectivity index (χ4v) is 3.14. The van der Waals surface area contributed by atoms with Gasteiger partial charge in [-0.3, -0.25) is 4.79 Å². The molecule has 0 saturated carbocycles. The predicted molar refractivity (Wildman–Crippen MR) is 83.5 cm³/mol. The third-order valence-electron chi connectivity index (χ3n) is 2.82. The Labute approximate surface area is 132 Å². The van der Waals surface area contributed by atoms with Gasteiger partial charge in [-0.15, -0.1) is 0 Å². The molecule has 0 radical (unpaired) electrons. The van der Waals surface area contributed by atoms with E-state index in [1.807, 2.05) is 6.20 Å². The van der Waals surface area contributed by atoms with Crippen LogP contribution in [0, 0.1) is 0 Å². The lowest BCUT2D eigenvalue weighted by molar-refractivity contribution is 0.101. The van der Waals surface area contributed by atoms with Gasteiger partial charge < -0.3 is 9.88 Å². The third-order valence-corrected chi connectivity index (χ3v) is 4.11. The zero-order valence-electron chi connectivity index (χ0n) is 10.2. The van der Waals surface area contributed by atoms with Crippen molar-refractivity contribution in [2.24, 2.45) is 7.05 Å². The van der Waals surface area contributed by atoms with E-state index in [1.165, 1.54) is 0 Å². The summed E-state index contributed by atoms with van der Waals surface area (Å²) in [6.45, 7) is 0. The average molecular weight is 372 g/mol. The molecule has 5 nitrogen and oxygen atoms in total. The van der Waals surface area contributed by atoms with Gasteiger partial charge in [0.1, 0.15) is 16.7 Å². The van der Waals surface area contributed by atoms with Gasteiger partial charge in [0.25, 0.3) is 5.91 Å². The zero-order chi connectivity index (χ0) is 14.3. The third kappa shape index (κ3) is 2.32. The van der Waals surface area contributed by atoms with Crippen molar-refractivity contribution >= 4 is 61.9 Å². The Morgan fingerprint density at radius 2 is 2.25 bits per heavy atom. The van der Waals surface area contributed by atoms with Gasteiger partial charge in [0.2, 0.25) is 0 Å². The highest BCUT2D eigenvalue weighted by Gasteiger charge is 2.16. The first-order valence-electron chi connectivity index (χ1n) is 5.60. The van der Waals surface area contributed by atoms with E-state index in [1.54, 1.807) is 29.8 Å². The van der Waals surface area contributed by atoms with E-state index in [4.69, 9.17) is 11.6 Å². The van der Waals surface area contributed by atoms with E-state index in [-0.39, 0.29) is 5.91 Å². The van der Waals surface area contributed by atoms with E-state index in [2.05, 4.69) is 30.0 Å². The van der Waals surface area contributed by atoms with Crippen LogP contribution >= 0.6 is 39.3 Å². The highest BCUT2D eigenvalue weighted by molar-refractivity contribution is 9.10. The summed E-state index contributed by atoms with van der Waals surface area (Å²) in [5.74, 6) is -0.249. The van der Waals surface area contributed by atoms with Crippen LogP contribution in [0.4, 0.5) is 5.69 Å². The van der Waals surface area contributed by atoms with Crippen LogP contribution in [-0.4, -0.2) is 19.2 Å². The van der Waals surface area contributed by atoms with Crippen LogP contribution in [0.2, 0.25) is 5.02 Å². The molecule has 1 aromatic carbocycles. The first kappa shape index (κ1) is 13.5. The van der Waals surface area contributed by atoms with Crippen LogP contribution in [-0.2, 0) is 7.05 Å². The van der Waals surface area contributed by atoms with Gasteiger partial charge >= 0.3 is 0 Å². The molecular weight excluding hydrogens is 364 g/mol. The number of benzene rings is 1. The summed E-state index contributed by atoms with van der Waals surface area (Å²) >= 11 is 10.6. The molecule has 8 heteroatoms. The summed E-state index contributed by atoms with van der Waals surface area (Å²) < 4.78 is 10.9. The molecule has 102 valence electrons. The molecule has 0 fully saturated rings. The van der Waals surface area contributed by atoms with Gasteiger partial charge in [-0.05, 0) is 34.1 Å². The van der Waals surface area contributed by atoms with Gasteiger partial charge in [-0.25, -0.2) is 0 Å². The number of aryl methyl sites for hydroxylation is 1. The highest BCUT2D eigenvalue weighted by Crippen LogP contribution is 2.30. The molecule has 3 aromatic rings. The Kier molecular flexibility index (Phi) is 3.49. The van der Waals surface area contributed by atoms with Gasteiger partial charge in [-0.1, -0.05) is 11.6 Å². The van der Waals surface area contributed by atoms with Crippen LogP contribution in [0.15, 0.2) is 28.9 Å². The predicted octanol–water partition coefficient (Wildman–Crippen LogP) is 3.70.